The highest BCUT2D eigenvalue weighted by atomic mass is 35.5. The highest BCUT2D eigenvalue weighted by molar-refractivity contribution is 7.98. The summed E-state index contributed by atoms with van der Waals surface area (Å²) in [7, 11) is 7.52. The van der Waals surface area contributed by atoms with Gasteiger partial charge in [-0.05, 0) is 62.0 Å². The molecule has 0 unspecified atom stereocenters. The van der Waals surface area contributed by atoms with E-state index in [1.807, 2.05) is 54.6 Å². The number of benzene rings is 3. The summed E-state index contributed by atoms with van der Waals surface area (Å²) in [5.41, 5.74) is 7.30. The second-order valence-corrected chi connectivity index (χ2v) is 15.0. The Morgan fingerprint density at radius 3 is 2.64 bits per heavy atom. The fourth-order valence-electron chi connectivity index (χ4n) is 7.43. The van der Waals surface area contributed by atoms with Gasteiger partial charge in [0.2, 0.25) is 0 Å². The molecule has 11 nitrogen and oxygen atoms in total. The number of nitrogens with zero attached hydrogens (tertiary/aromatic N) is 6. The van der Waals surface area contributed by atoms with Crippen LogP contribution in [-0.4, -0.2) is 80.7 Å². The van der Waals surface area contributed by atoms with Crippen LogP contribution in [0.5, 0.6) is 5.75 Å². The number of carboxylic acids is 1. The number of carboxylic acid groups (broad SMARTS) is 1. The average molecular weight is 757 g/mol. The van der Waals surface area contributed by atoms with Gasteiger partial charge in [0.25, 0.3) is 0 Å². The van der Waals surface area contributed by atoms with Crippen molar-refractivity contribution in [2.75, 3.05) is 40.6 Å². The molecule has 278 valence electrons. The molecule has 7 rings (SSSR count). The number of carbonyl (C=O) groups is 1. The Morgan fingerprint density at radius 1 is 1.00 bits per heavy atom. The van der Waals surface area contributed by atoms with Gasteiger partial charge >= 0.3 is 5.97 Å². The van der Waals surface area contributed by atoms with Crippen LogP contribution in [0, 0.1) is 6.92 Å². The first-order chi connectivity index (χ1) is 25.6. The van der Waals surface area contributed by atoms with Crippen molar-refractivity contribution < 1.29 is 24.1 Å². The van der Waals surface area contributed by atoms with Gasteiger partial charge in [-0.2, -0.15) is 10.2 Å². The van der Waals surface area contributed by atoms with Gasteiger partial charge < -0.3 is 23.9 Å². The quantitative estimate of drug-likeness (QED) is 0.166. The van der Waals surface area contributed by atoms with E-state index < -0.39 is 5.97 Å². The molecule has 4 heterocycles. The zero-order valence-electron chi connectivity index (χ0n) is 30.8. The summed E-state index contributed by atoms with van der Waals surface area (Å²) in [5.74, 6) is 0.586. The van der Waals surface area contributed by atoms with E-state index in [-0.39, 0.29) is 5.69 Å². The Balaban J connectivity index is 1.35. The second-order valence-electron chi connectivity index (χ2n) is 13.6. The number of ether oxygens (including phenoxy) is 3. The zero-order chi connectivity index (χ0) is 37.2. The van der Waals surface area contributed by atoms with E-state index >= 15 is 0 Å². The van der Waals surface area contributed by atoms with Gasteiger partial charge in [0.1, 0.15) is 11.4 Å². The number of thioether (sulfide) groups is 1. The van der Waals surface area contributed by atoms with Crippen LogP contribution < -0.4 is 4.74 Å². The predicted molar refractivity (Wildman–Crippen MR) is 209 cm³/mol. The van der Waals surface area contributed by atoms with Gasteiger partial charge in [-0.1, -0.05) is 41.9 Å². The number of rotatable bonds is 7. The summed E-state index contributed by atoms with van der Waals surface area (Å²) in [5, 5.41) is 24.1. The molecule has 0 aliphatic carbocycles. The molecule has 0 spiro atoms. The molecular weight excluding hydrogens is 712 g/mol. The number of aryl methyl sites for hydroxylation is 3. The molecular formula is C40H45ClN6O5S. The van der Waals surface area contributed by atoms with Gasteiger partial charge in [-0.25, -0.2) is 4.79 Å². The number of halogens is 1. The summed E-state index contributed by atoms with van der Waals surface area (Å²) in [6.45, 7) is 5.60. The molecule has 0 fully saturated rings. The van der Waals surface area contributed by atoms with E-state index in [0.717, 1.165) is 77.5 Å². The number of methoxy groups -OCH3 is 1. The van der Waals surface area contributed by atoms with Gasteiger partial charge in [0.15, 0.2) is 0 Å². The van der Waals surface area contributed by atoms with Gasteiger partial charge in [-0.3, -0.25) is 14.3 Å². The summed E-state index contributed by atoms with van der Waals surface area (Å²) in [6.07, 6.45) is 1.14. The lowest BCUT2D eigenvalue weighted by atomic mass is 9.98. The van der Waals surface area contributed by atoms with Crippen LogP contribution in [-0.2, 0) is 55.4 Å². The third kappa shape index (κ3) is 7.56. The number of hydrogen-bond acceptors (Lipinski definition) is 8. The Kier molecular flexibility index (Phi) is 11.1. The lowest BCUT2D eigenvalue weighted by Crippen LogP contribution is -2.19. The monoisotopic (exact) mass is 756 g/mol. The van der Waals surface area contributed by atoms with Crippen molar-refractivity contribution in [2.45, 2.75) is 50.0 Å². The number of aromatic nitrogens is 5. The molecule has 13 heteroatoms. The standard InChI is InChI=1S/C40H45ClN6O5S/c1-25-36-34(43-47(25)14-16-51-18-17-50-5)23-44(2)22-27-20-28(46(4)42-27)24-53-29-19-26-9-6-7-10-30(26)35(21-29)52-15-8-11-31-32-12-13-33(41)37(36)38(32)45(3)39(31)40(48)49/h6-7,9-10,12-13,19-21H,8,11,14-18,22-24H2,1-5H3,(H,48,49). The predicted octanol–water partition coefficient (Wildman–Crippen LogP) is 7.50. The SMILES string of the molecule is COCCOCCn1nc2c(c1C)-c1c(Cl)ccc3c(c(C(=O)O)n(C)c13)CCCOc1cc(cc3ccccc13)SCc1cc(nn1C)CN(C)C2. The van der Waals surface area contributed by atoms with Crippen LogP contribution >= 0.6 is 23.4 Å². The minimum Gasteiger partial charge on any atom is -0.493 e. The van der Waals surface area contributed by atoms with Crippen LogP contribution in [0.2, 0.25) is 5.02 Å². The highest BCUT2D eigenvalue weighted by Gasteiger charge is 2.28. The van der Waals surface area contributed by atoms with Crippen LogP contribution in [0.1, 0.15) is 45.2 Å². The maximum Gasteiger partial charge on any atom is 0.352 e. The van der Waals surface area contributed by atoms with E-state index in [4.69, 9.17) is 36.0 Å². The smallest absolute Gasteiger partial charge is 0.352 e. The van der Waals surface area contributed by atoms with Crippen LogP contribution in [0.15, 0.2) is 59.5 Å². The third-order valence-electron chi connectivity index (χ3n) is 9.91. The van der Waals surface area contributed by atoms with Crippen LogP contribution in [0.3, 0.4) is 0 Å². The van der Waals surface area contributed by atoms with E-state index in [9.17, 15) is 9.90 Å². The first-order valence-electron chi connectivity index (χ1n) is 17.8. The van der Waals surface area contributed by atoms with Crippen molar-refractivity contribution in [3.05, 3.63) is 93.7 Å². The molecule has 53 heavy (non-hydrogen) atoms. The molecule has 0 saturated carbocycles. The molecule has 1 aliphatic rings. The Morgan fingerprint density at radius 2 is 1.83 bits per heavy atom. The van der Waals surface area contributed by atoms with Gasteiger partial charge in [-0.15, -0.1) is 11.8 Å². The first kappa shape index (κ1) is 37.0. The summed E-state index contributed by atoms with van der Waals surface area (Å²) >= 11 is 8.88. The maximum absolute atomic E-state index is 12.9. The van der Waals surface area contributed by atoms with E-state index in [2.05, 4.69) is 42.3 Å². The van der Waals surface area contributed by atoms with Gasteiger partial charge in [0.05, 0.1) is 54.9 Å². The van der Waals surface area contributed by atoms with Crippen molar-refractivity contribution in [1.82, 2.24) is 29.0 Å². The molecule has 3 aromatic carbocycles. The molecule has 1 aliphatic heterocycles. The highest BCUT2D eigenvalue weighted by Crippen LogP contribution is 2.42. The van der Waals surface area contributed by atoms with Crippen molar-refractivity contribution in [3.63, 3.8) is 0 Å². The summed E-state index contributed by atoms with van der Waals surface area (Å²) in [4.78, 5) is 16.2. The van der Waals surface area contributed by atoms with Crippen LogP contribution in [0.25, 0.3) is 32.8 Å². The Bertz CT molecular complexity index is 2290. The fraction of sp³-hybridized carbons (Fsp3) is 0.375. The average Bonchev–Trinajstić information content (AvgIpc) is 3.73. The Labute approximate surface area is 318 Å². The van der Waals surface area contributed by atoms with E-state index in [1.54, 1.807) is 23.4 Å². The molecule has 0 amide bonds. The lowest BCUT2D eigenvalue weighted by Gasteiger charge is -2.16. The molecule has 6 aromatic rings. The Hall–Kier alpha value is -4.33. The molecule has 0 radical (unpaired) electrons. The largest absolute Gasteiger partial charge is 0.493 e. The molecule has 1 N–H and O–H groups in total. The fourth-order valence-corrected chi connectivity index (χ4v) is 8.67. The first-order valence-corrected chi connectivity index (χ1v) is 19.2. The lowest BCUT2D eigenvalue weighted by molar-refractivity contribution is 0.0651. The summed E-state index contributed by atoms with van der Waals surface area (Å²) < 4.78 is 23.1. The van der Waals surface area contributed by atoms with Crippen LogP contribution in [0.4, 0.5) is 0 Å². The molecule has 0 saturated heterocycles. The topological polar surface area (TPSA) is 109 Å². The normalized spacial score (nSPS) is 14.4. The molecule has 0 atom stereocenters. The maximum atomic E-state index is 12.9. The number of hydrogen-bond donors (Lipinski definition) is 1. The van der Waals surface area contributed by atoms with Crippen molar-refractivity contribution in [2.24, 2.45) is 14.1 Å². The molecule has 8 bridgehead atoms. The van der Waals surface area contributed by atoms with E-state index in [1.165, 1.54) is 0 Å². The summed E-state index contributed by atoms with van der Waals surface area (Å²) in [6, 6.07) is 18.6. The van der Waals surface area contributed by atoms with Crippen molar-refractivity contribution in [3.8, 4) is 16.9 Å². The van der Waals surface area contributed by atoms with Crippen molar-refractivity contribution >= 4 is 51.0 Å². The number of fused-ring (bicyclic) bond motifs is 8. The van der Waals surface area contributed by atoms with E-state index in [0.29, 0.717) is 63.9 Å². The minimum absolute atomic E-state index is 0.246. The second kappa shape index (κ2) is 16.0. The third-order valence-corrected chi connectivity index (χ3v) is 11.2. The van der Waals surface area contributed by atoms with Crippen molar-refractivity contribution in [1.29, 1.82) is 0 Å². The van der Waals surface area contributed by atoms with Gasteiger partial charge in [0, 0.05) is 78.2 Å². The molecule has 3 aromatic heterocycles. The number of aromatic carboxylic acids is 1. The zero-order valence-corrected chi connectivity index (χ0v) is 32.4. The minimum atomic E-state index is -0.984.